The van der Waals surface area contributed by atoms with E-state index in [0.717, 1.165) is 0 Å². The molecule has 1 amide bonds. The highest BCUT2D eigenvalue weighted by Crippen LogP contribution is 2.12. The topological polar surface area (TPSA) is 70.4 Å². The van der Waals surface area contributed by atoms with Gasteiger partial charge in [-0.2, -0.15) is 5.26 Å². The summed E-state index contributed by atoms with van der Waals surface area (Å²) in [4.78, 5) is 25.6. The van der Waals surface area contributed by atoms with Crippen molar-refractivity contribution in [3.63, 3.8) is 0 Å². The van der Waals surface area contributed by atoms with Crippen LogP contribution in [0.3, 0.4) is 0 Å². The minimum atomic E-state index is -0.503. The quantitative estimate of drug-likeness (QED) is 0.685. The molecule has 0 saturated carbocycles. The SMILES string of the molecule is CC(Cc1cccc(F)c1)C(=O)OCC(=O)N(CCC#N)C(C)C. The Hall–Kier alpha value is -2.42. The van der Waals surface area contributed by atoms with Gasteiger partial charge in [-0.3, -0.25) is 9.59 Å². The molecule has 130 valence electrons. The molecule has 0 aliphatic carbocycles. The zero-order valence-corrected chi connectivity index (χ0v) is 14.3. The maximum Gasteiger partial charge on any atom is 0.309 e. The lowest BCUT2D eigenvalue weighted by Crippen LogP contribution is -2.40. The Morgan fingerprint density at radius 2 is 2.04 bits per heavy atom. The molecule has 0 bridgehead atoms. The van der Waals surface area contributed by atoms with E-state index in [9.17, 15) is 14.0 Å². The largest absolute Gasteiger partial charge is 0.455 e. The van der Waals surface area contributed by atoms with Gasteiger partial charge < -0.3 is 9.64 Å². The van der Waals surface area contributed by atoms with Crippen LogP contribution in [-0.2, 0) is 20.7 Å². The third-order valence-corrected chi connectivity index (χ3v) is 3.58. The van der Waals surface area contributed by atoms with E-state index >= 15 is 0 Å². The van der Waals surface area contributed by atoms with E-state index in [-0.39, 0.29) is 30.8 Å². The van der Waals surface area contributed by atoms with Crippen molar-refractivity contribution >= 4 is 11.9 Å². The molecule has 0 saturated heterocycles. The van der Waals surface area contributed by atoms with E-state index < -0.39 is 11.9 Å². The van der Waals surface area contributed by atoms with Crippen LogP contribution in [0, 0.1) is 23.1 Å². The molecule has 6 heteroatoms. The summed E-state index contributed by atoms with van der Waals surface area (Å²) in [7, 11) is 0. The van der Waals surface area contributed by atoms with Crippen LogP contribution >= 0.6 is 0 Å². The molecule has 0 radical (unpaired) electrons. The van der Waals surface area contributed by atoms with E-state index in [1.165, 1.54) is 17.0 Å². The fourth-order valence-corrected chi connectivity index (χ4v) is 2.30. The maximum atomic E-state index is 13.1. The third-order valence-electron chi connectivity index (χ3n) is 3.58. The molecule has 5 nitrogen and oxygen atoms in total. The number of halogens is 1. The highest BCUT2D eigenvalue weighted by Gasteiger charge is 2.21. The number of nitriles is 1. The van der Waals surface area contributed by atoms with Crippen molar-refractivity contribution in [2.24, 2.45) is 5.92 Å². The van der Waals surface area contributed by atoms with Gasteiger partial charge in [0.05, 0.1) is 18.4 Å². The lowest BCUT2D eigenvalue weighted by atomic mass is 10.0. The summed E-state index contributed by atoms with van der Waals surface area (Å²) in [5, 5.41) is 8.63. The van der Waals surface area contributed by atoms with Crippen LogP contribution < -0.4 is 0 Å². The lowest BCUT2D eigenvalue weighted by molar-refractivity contribution is -0.155. The summed E-state index contributed by atoms with van der Waals surface area (Å²) in [5.74, 6) is -1.66. The molecule has 0 N–H and O–H groups in total. The first-order valence-electron chi connectivity index (χ1n) is 7.92. The van der Waals surface area contributed by atoms with Crippen LogP contribution in [0.25, 0.3) is 0 Å². The Balaban J connectivity index is 2.51. The van der Waals surface area contributed by atoms with E-state index in [4.69, 9.17) is 10.00 Å². The van der Waals surface area contributed by atoms with Gasteiger partial charge in [-0.15, -0.1) is 0 Å². The Morgan fingerprint density at radius 1 is 1.33 bits per heavy atom. The molecule has 1 unspecified atom stereocenters. The van der Waals surface area contributed by atoms with Gasteiger partial charge in [0.15, 0.2) is 6.61 Å². The fraction of sp³-hybridized carbons (Fsp3) is 0.500. The first-order valence-corrected chi connectivity index (χ1v) is 7.92. The summed E-state index contributed by atoms with van der Waals surface area (Å²) < 4.78 is 18.2. The van der Waals surface area contributed by atoms with E-state index in [0.29, 0.717) is 18.5 Å². The van der Waals surface area contributed by atoms with Gasteiger partial charge in [-0.1, -0.05) is 19.1 Å². The number of hydrogen-bond donors (Lipinski definition) is 0. The van der Waals surface area contributed by atoms with Crippen molar-refractivity contribution in [3.8, 4) is 6.07 Å². The van der Waals surface area contributed by atoms with Crippen molar-refractivity contribution in [2.45, 2.75) is 39.7 Å². The van der Waals surface area contributed by atoms with Gasteiger partial charge in [0.1, 0.15) is 5.82 Å². The van der Waals surface area contributed by atoms with Gasteiger partial charge in [0.2, 0.25) is 0 Å². The molecule has 0 aliphatic heterocycles. The van der Waals surface area contributed by atoms with Crippen molar-refractivity contribution in [2.75, 3.05) is 13.2 Å². The third kappa shape index (κ3) is 6.37. The second-order valence-corrected chi connectivity index (χ2v) is 5.93. The molecule has 0 spiro atoms. The van der Waals surface area contributed by atoms with Gasteiger partial charge in [-0.25, -0.2) is 4.39 Å². The lowest BCUT2D eigenvalue weighted by Gasteiger charge is -2.25. The van der Waals surface area contributed by atoms with E-state index in [2.05, 4.69) is 0 Å². The summed E-state index contributed by atoms with van der Waals surface area (Å²) in [6, 6.07) is 7.95. The van der Waals surface area contributed by atoms with E-state index in [1.807, 2.05) is 19.9 Å². The number of hydrogen-bond acceptors (Lipinski definition) is 4. The molecule has 0 heterocycles. The van der Waals surface area contributed by atoms with Gasteiger partial charge in [0, 0.05) is 12.6 Å². The van der Waals surface area contributed by atoms with Crippen molar-refractivity contribution < 1.29 is 18.7 Å². The molecule has 1 aromatic rings. The van der Waals surface area contributed by atoms with Crippen LogP contribution in [0.4, 0.5) is 4.39 Å². The number of rotatable bonds is 8. The highest BCUT2D eigenvalue weighted by molar-refractivity contribution is 5.81. The summed E-state index contributed by atoms with van der Waals surface area (Å²) in [6.45, 7) is 5.31. The monoisotopic (exact) mass is 334 g/mol. The van der Waals surface area contributed by atoms with Crippen molar-refractivity contribution in [1.29, 1.82) is 5.26 Å². The number of esters is 1. The van der Waals surface area contributed by atoms with Gasteiger partial charge >= 0.3 is 5.97 Å². The predicted octanol–water partition coefficient (Wildman–Crippen LogP) is 2.70. The minimum Gasteiger partial charge on any atom is -0.455 e. The number of nitrogens with zero attached hydrogens (tertiary/aromatic N) is 2. The molecule has 1 atom stereocenters. The Labute approximate surface area is 142 Å². The smallest absolute Gasteiger partial charge is 0.309 e. The fourth-order valence-electron chi connectivity index (χ4n) is 2.30. The normalized spacial score (nSPS) is 11.7. The molecule has 0 fully saturated rings. The first kappa shape index (κ1) is 19.6. The molecular formula is C18H23FN2O3. The zero-order valence-electron chi connectivity index (χ0n) is 14.3. The molecular weight excluding hydrogens is 311 g/mol. The number of benzene rings is 1. The summed E-state index contributed by atoms with van der Waals surface area (Å²) in [6.07, 6.45) is 0.570. The number of carbonyl (C=O) groups is 2. The van der Waals surface area contributed by atoms with Crippen LogP contribution in [0.1, 0.15) is 32.8 Å². The first-order chi connectivity index (χ1) is 11.3. The van der Waals surface area contributed by atoms with Crippen LogP contribution in [-0.4, -0.2) is 36.0 Å². The second-order valence-electron chi connectivity index (χ2n) is 5.93. The zero-order chi connectivity index (χ0) is 18.1. The number of carbonyl (C=O) groups excluding carboxylic acids is 2. The van der Waals surface area contributed by atoms with Crippen molar-refractivity contribution in [1.82, 2.24) is 4.90 Å². The van der Waals surface area contributed by atoms with E-state index in [1.54, 1.807) is 19.1 Å². The van der Waals surface area contributed by atoms with Crippen LogP contribution in [0.5, 0.6) is 0 Å². The summed E-state index contributed by atoms with van der Waals surface area (Å²) >= 11 is 0. The van der Waals surface area contributed by atoms with Crippen LogP contribution in [0.15, 0.2) is 24.3 Å². The average molecular weight is 334 g/mol. The number of ether oxygens (including phenoxy) is 1. The molecule has 0 aliphatic rings. The standard InChI is InChI=1S/C18H23FN2O3/c1-13(2)21(9-5-8-20)17(22)12-24-18(23)14(3)10-15-6-4-7-16(19)11-15/h4,6-7,11,13-14H,5,9-10,12H2,1-3H3. The molecule has 0 aromatic heterocycles. The molecule has 1 rings (SSSR count). The van der Waals surface area contributed by atoms with Gasteiger partial charge in [-0.05, 0) is 38.0 Å². The Morgan fingerprint density at radius 3 is 2.62 bits per heavy atom. The maximum absolute atomic E-state index is 13.1. The van der Waals surface area contributed by atoms with Crippen molar-refractivity contribution in [3.05, 3.63) is 35.6 Å². The van der Waals surface area contributed by atoms with Crippen LogP contribution in [0.2, 0.25) is 0 Å². The summed E-state index contributed by atoms with van der Waals surface area (Å²) in [5.41, 5.74) is 0.698. The van der Waals surface area contributed by atoms with Gasteiger partial charge in [0.25, 0.3) is 5.91 Å². The predicted molar refractivity (Wildman–Crippen MR) is 87.3 cm³/mol. The average Bonchev–Trinajstić information content (AvgIpc) is 2.52. The highest BCUT2D eigenvalue weighted by atomic mass is 19.1. The number of amides is 1. The Bertz CT molecular complexity index is 611. The molecule has 1 aromatic carbocycles. The minimum absolute atomic E-state index is 0.0748. The molecule has 24 heavy (non-hydrogen) atoms. The Kier molecular flexibility index (Phi) is 7.90. The second kappa shape index (κ2) is 9.66.